The summed E-state index contributed by atoms with van der Waals surface area (Å²) in [7, 11) is 0. The zero-order chi connectivity index (χ0) is 13.8. The third-order valence-electron chi connectivity index (χ3n) is 2.21. The summed E-state index contributed by atoms with van der Waals surface area (Å²) < 4.78 is 32.9. The SMILES string of the molecule is O=C(OCCn1cnc(Br)n1)c1cc(F)ccc1F. The Morgan fingerprint density at radius 2 is 2.21 bits per heavy atom. The summed E-state index contributed by atoms with van der Waals surface area (Å²) in [5, 5.41) is 3.91. The van der Waals surface area contributed by atoms with Crippen molar-refractivity contribution in [3.05, 3.63) is 46.5 Å². The van der Waals surface area contributed by atoms with Gasteiger partial charge in [-0.15, -0.1) is 5.10 Å². The Morgan fingerprint density at radius 1 is 1.42 bits per heavy atom. The van der Waals surface area contributed by atoms with Gasteiger partial charge in [-0.3, -0.25) is 0 Å². The highest BCUT2D eigenvalue weighted by Gasteiger charge is 2.14. The van der Waals surface area contributed by atoms with Gasteiger partial charge in [-0.2, -0.15) is 0 Å². The van der Waals surface area contributed by atoms with Crippen molar-refractivity contribution in [1.29, 1.82) is 0 Å². The Kier molecular flexibility index (Phi) is 4.20. The number of hydrogen-bond acceptors (Lipinski definition) is 4. The van der Waals surface area contributed by atoms with Gasteiger partial charge in [0.15, 0.2) is 0 Å². The van der Waals surface area contributed by atoms with E-state index in [9.17, 15) is 13.6 Å². The third-order valence-corrected chi connectivity index (χ3v) is 2.57. The molecule has 0 fully saturated rings. The molecule has 1 aromatic carbocycles. The first-order chi connectivity index (χ1) is 9.06. The maximum absolute atomic E-state index is 13.3. The van der Waals surface area contributed by atoms with Crippen molar-refractivity contribution in [2.45, 2.75) is 6.54 Å². The number of hydrogen-bond donors (Lipinski definition) is 0. The van der Waals surface area contributed by atoms with E-state index in [1.165, 1.54) is 11.0 Å². The van der Waals surface area contributed by atoms with Crippen LogP contribution in [0.4, 0.5) is 8.78 Å². The summed E-state index contributed by atoms with van der Waals surface area (Å²) in [5.41, 5.74) is -0.431. The molecule has 1 aromatic heterocycles. The average Bonchev–Trinajstić information content (AvgIpc) is 2.78. The Labute approximate surface area is 115 Å². The number of carbonyl (C=O) groups is 1. The molecule has 0 radical (unpaired) electrons. The minimum Gasteiger partial charge on any atom is -0.460 e. The molecule has 0 bridgehead atoms. The summed E-state index contributed by atoms with van der Waals surface area (Å²) >= 11 is 3.07. The normalized spacial score (nSPS) is 10.5. The molecule has 2 rings (SSSR count). The van der Waals surface area contributed by atoms with Gasteiger partial charge in [0.1, 0.15) is 24.6 Å². The van der Waals surface area contributed by atoms with Crippen LogP contribution in [0.3, 0.4) is 0 Å². The van der Waals surface area contributed by atoms with Gasteiger partial charge in [0.05, 0.1) is 12.1 Å². The molecule has 19 heavy (non-hydrogen) atoms. The van der Waals surface area contributed by atoms with Crippen molar-refractivity contribution in [3.8, 4) is 0 Å². The number of ether oxygens (including phenoxy) is 1. The molecule has 8 heteroatoms. The van der Waals surface area contributed by atoms with E-state index in [1.54, 1.807) is 0 Å². The topological polar surface area (TPSA) is 57.0 Å². The van der Waals surface area contributed by atoms with E-state index in [0.717, 1.165) is 18.2 Å². The van der Waals surface area contributed by atoms with Gasteiger partial charge in [-0.1, -0.05) is 0 Å². The van der Waals surface area contributed by atoms with Crippen LogP contribution in [0.1, 0.15) is 10.4 Å². The summed E-state index contributed by atoms with van der Waals surface area (Å²) in [6.45, 7) is 0.242. The van der Waals surface area contributed by atoms with Gasteiger partial charge < -0.3 is 4.74 Å². The smallest absolute Gasteiger partial charge is 0.341 e. The molecule has 100 valence electrons. The van der Waals surface area contributed by atoms with Crippen molar-refractivity contribution in [3.63, 3.8) is 0 Å². The number of aromatic nitrogens is 3. The zero-order valence-electron chi connectivity index (χ0n) is 9.52. The van der Waals surface area contributed by atoms with Gasteiger partial charge in [0.25, 0.3) is 0 Å². The summed E-state index contributed by atoms with van der Waals surface area (Å²) in [6, 6.07) is 2.60. The Morgan fingerprint density at radius 3 is 2.89 bits per heavy atom. The van der Waals surface area contributed by atoms with Crippen molar-refractivity contribution in [2.24, 2.45) is 0 Å². The third kappa shape index (κ3) is 3.57. The molecule has 0 aliphatic rings. The molecule has 0 saturated heterocycles. The van der Waals surface area contributed by atoms with Crippen molar-refractivity contribution in [1.82, 2.24) is 14.8 Å². The second-order valence-corrected chi connectivity index (χ2v) is 4.25. The average molecular weight is 332 g/mol. The highest BCUT2D eigenvalue weighted by atomic mass is 79.9. The lowest BCUT2D eigenvalue weighted by Crippen LogP contribution is -2.13. The molecule has 0 N–H and O–H groups in total. The number of rotatable bonds is 4. The van der Waals surface area contributed by atoms with E-state index in [1.807, 2.05) is 0 Å². The van der Waals surface area contributed by atoms with Crippen LogP contribution in [0.5, 0.6) is 0 Å². The van der Waals surface area contributed by atoms with Gasteiger partial charge in [0.2, 0.25) is 4.73 Å². The summed E-state index contributed by atoms with van der Waals surface area (Å²) in [4.78, 5) is 15.3. The minimum absolute atomic E-state index is 0.0232. The Bertz CT molecular complexity index is 603. The van der Waals surface area contributed by atoms with Crippen LogP contribution >= 0.6 is 15.9 Å². The molecule has 0 spiro atoms. The molecule has 0 atom stereocenters. The molecule has 0 aliphatic carbocycles. The van der Waals surface area contributed by atoms with Gasteiger partial charge >= 0.3 is 5.97 Å². The zero-order valence-corrected chi connectivity index (χ0v) is 11.1. The molecule has 0 unspecified atom stereocenters. The second kappa shape index (κ2) is 5.87. The molecular weight excluding hydrogens is 324 g/mol. The molecule has 5 nitrogen and oxygen atoms in total. The lowest BCUT2D eigenvalue weighted by molar-refractivity contribution is 0.0481. The Balaban J connectivity index is 1.92. The fourth-order valence-corrected chi connectivity index (χ4v) is 1.64. The van der Waals surface area contributed by atoms with Crippen LogP contribution in [0.15, 0.2) is 29.3 Å². The molecule has 2 aromatic rings. The molecule has 0 saturated carbocycles. The van der Waals surface area contributed by atoms with E-state index in [2.05, 4.69) is 26.0 Å². The second-order valence-electron chi connectivity index (χ2n) is 3.54. The van der Waals surface area contributed by atoms with E-state index >= 15 is 0 Å². The number of esters is 1. The Hall–Kier alpha value is -1.83. The van der Waals surface area contributed by atoms with Crippen LogP contribution in [0, 0.1) is 11.6 Å². The number of benzene rings is 1. The lowest BCUT2D eigenvalue weighted by Gasteiger charge is -2.05. The predicted octanol–water partition coefficient (Wildman–Crippen LogP) is 2.18. The van der Waals surface area contributed by atoms with E-state index in [-0.39, 0.29) is 13.2 Å². The van der Waals surface area contributed by atoms with Gasteiger partial charge in [-0.05, 0) is 34.1 Å². The molecule has 0 amide bonds. The first-order valence-corrected chi connectivity index (χ1v) is 6.02. The highest BCUT2D eigenvalue weighted by Crippen LogP contribution is 2.11. The van der Waals surface area contributed by atoms with Crippen LogP contribution < -0.4 is 0 Å². The fourth-order valence-electron chi connectivity index (χ4n) is 1.34. The van der Waals surface area contributed by atoms with Gasteiger partial charge in [0, 0.05) is 0 Å². The van der Waals surface area contributed by atoms with Gasteiger partial charge in [-0.25, -0.2) is 23.2 Å². The number of halogens is 3. The van der Waals surface area contributed by atoms with Crippen LogP contribution in [0.25, 0.3) is 0 Å². The lowest BCUT2D eigenvalue weighted by atomic mass is 10.2. The van der Waals surface area contributed by atoms with E-state index in [4.69, 9.17) is 4.74 Å². The maximum Gasteiger partial charge on any atom is 0.341 e. The van der Waals surface area contributed by atoms with Crippen molar-refractivity contribution in [2.75, 3.05) is 6.61 Å². The fraction of sp³-hybridized carbons (Fsp3) is 0.182. The van der Waals surface area contributed by atoms with Crippen LogP contribution in [-0.2, 0) is 11.3 Å². The summed E-state index contributed by atoms with van der Waals surface area (Å²) in [6.07, 6.45) is 1.45. The van der Waals surface area contributed by atoms with E-state index < -0.39 is 23.2 Å². The largest absolute Gasteiger partial charge is 0.460 e. The minimum atomic E-state index is -0.920. The first-order valence-electron chi connectivity index (χ1n) is 5.23. The molecule has 0 aliphatic heterocycles. The number of nitrogens with zero attached hydrogens (tertiary/aromatic N) is 3. The van der Waals surface area contributed by atoms with Crippen molar-refractivity contribution >= 4 is 21.9 Å². The molecule has 1 heterocycles. The quantitative estimate of drug-likeness (QED) is 0.806. The first kappa shape index (κ1) is 13.6. The molecular formula is C11H8BrF2N3O2. The summed E-state index contributed by atoms with van der Waals surface area (Å²) in [5.74, 6) is -2.44. The monoisotopic (exact) mass is 331 g/mol. The number of carbonyl (C=O) groups excluding carboxylic acids is 1. The standard InChI is InChI=1S/C11H8BrF2N3O2/c12-11-15-6-17(16-11)3-4-19-10(18)8-5-7(13)1-2-9(8)14/h1-2,5-6H,3-4H2. The predicted molar refractivity (Wildman–Crippen MR) is 64.4 cm³/mol. The van der Waals surface area contributed by atoms with E-state index in [0.29, 0.717) is 4.73 Å². The van der Waals surface area contributed by atoms with Crippen molar-refractivity contribution < 1.29 is 18.3 Å². The van der Waals surface area contributed by atoms with Crippen LogP contribution in [0.2, 0.25) is 0 Å². The van der Waals surface area contributed by atoms with Crippen LogP contribution in [-0.4, -0.2) is 27.3 Å². The maximum atomic E-state index is 13.3. The highest BCUT2D eigenvalue weighted by molar-refractivity contribution is 9.10.